The Kier molecular flexibility index (Phi) is 8.88. The normalized spacial score (nSPS) is 26.5. The van der Waals surface area contributed by atoms with Crippen LogP contribution in [0, 0.1) is 11.8 Å². The van der Waals surface area contributed by atoms with Crippen LogP contribution in [-0.2, 0) is 26.2 Å². The summed E-state index contributed by atoms with van der Waals surface area (Å²) in [5, 5.41) is 5.58. The van der Waals surface area contributed by atoms with Crippen molar-refractivity contribution in [2.24, 2.45) is 11.8 Å². The van der Waals surface area contributed by atoms with Crippen molar-refractivity contribution in [2.45, 2.75) is 101 Å². The van der Waals surface area contributed by atoms with Crippen LogP contribution < -0.4 is 15.4 Å². The van der Waals surface area contributed by atoms with E-state index in [-0.39, 0.29) is 35.5 Å². The van der Waals surface area contributed by atoms with Crippen molar-refractivity contribution in [3.8, 4) is 5.75 Å². The van der Waals surface area contributed by atoms with E-state index in [4.69, 9.17) is 4.74 Å². The van der Waals surface area contributed by atoms with E-state index in [1.54, 1.807) is 15.3 Å². The van der Waals surface area contributed by atoms with E-state index in [1.165, 1.54) is 19.3 Å². The quantitative estimate of drug-likeness (QED) is 0.481. The molecule has 4 aliphatic heterocycles. The van der Waals surface area contributed by atoms with E-state index in [9.17, 15) is 22.8 Å². The molecule has 1 unspecified atom stereocenters. The Morgan fingerprint density at radius 3 is 2.19 bits per heavy atom. The highest BCUT2D eigenvalue weighted by molar-refractivity contribution is 7.89. The molecule has 6 aliphatic rings. The second kappa shape index (κ2) is 12.6. The Balaban J connectivity index is 0.000000162. The number of rotatable bonds is 6. The minimum atomic E-state index is -2.95. The number of imide groups is 1. The highest BCUT2D eigenvalue weighted by Gasteiger charge is 2.40. The molecule has 5 fully saturated rings. The van der Waals surface area contributed by atoms with Crippen molar-refractivity contribution < 1.29 is 27.5 Å². The first-order valence-electron chi connectivity index (χ1n) is 15.9. The predicted molar refractivity (Wildman–Crippen MR) is 157 cm³/mol. The fraction of sp³-hybridized carbons (Fsp3) is 0.710. The molecule has 0 spiro atoms. The van der Waals surface area contributed by atoms with Gasteiger partial charge in [-0.1, -0.05) is 12.8 Å². The highest BCUT2D eigenvalue weighted by atomic mass is 32.2. The molecule has 0 radical (unpaired) electrons. The fourth-order valence-electron chi connectivity index (χ4n) is 7.13. The molecule has 2 N–H and O–H groups in total. The summed E-state index contributed by atoms with van der Waals surface area (Å²) in [7, 11) is -2.95. The maximum absolute atomic E-state index is 12.6. The summed E-state index contributed by atoms with van der Waals surface area (Å²) in [4.78, 5) is 37.6. The Bertz CT molecular complexity index is 1280. The van der Waals surface area contributed by atoms with Gasteiger partial charge in [-0.25, -0.2) is 12.7 Å². The third-order valence-corrected chi connectivity index (χ3v) is 12.6. The van der Waals surface area contributed by atoms with Crippen molar-refractivity contribution in [3.63, 3.8) is 0 Å². The molecule has 42 heavy (non-hydrogen) atoms. The number of hydrogen-bond donors (Lipinski definition) is 2. The van der Waals surface area contributed by atoms with Gasteiger partial charge in [-0.3, -0.25) is 19.7 Å². The maximum atomic E-state index is 12.6. The lowest BCUT2D eigenvalue weighted by Crippen LogP contribution is -2.52. The van der Waals surface area contributed by atoms with Crippen LogP contribution in [0.4, 0.5) is 0 Å². The van der Waals surface area contributed by atoms with Crippen LogP contribution in [0.1, 0.15) is 93.0 Å². The lowest BCUT2D eigenvalue weighted by atomic mass is 9.81. The molecule has 7 rings (SSSR count). The van der Waals surface area contributed by atoms with Crippen molar-refractivity contribution in [1.29, 1.82) is 0 Å². The summed E-state index contributed by atoms with van der Waals surface area (Å²) < 4.78 is 32.3. The van der Waals surface area contributed by atoms with E-state index in [0.717, 1.165) is 94.3 Å². The Hall–Kier alpha value is -2.50. The third kappa shape index (κ3) is 6.24. The number of ether oxygens (including phenoxy) is 1. The van der Waals surface area contributed by atoms with Gasteiger partial charge in [-0.05, 0) is 106 Å². The molecule has 4 heterocycles. The number of sulfonamides is 1. The molecule has 1 atom stereocenters. The van der Waals surface area contributed by atoms with Gasteiger partial charge < -0.3 is 15.0 Å². The molecule has 2 saturated carbocycles. The number of carbonyl (C=O) groups is 3. The van der Waals surface area contributed by atoms with Crippen molar-refractivity contribution in [3.05, 3.63) is 29.3 Å². The molecule has 11 heteroatoms. The number of benzene rings is 1. The number of nitrogens with one attached hydrogen (secondary N) is 2. The van der Waals surface area contributed by atoms with Crippen LogP contribution in [0.25, 0.3) is 0 Å². The monoisotopic (exact) mass is 600 g/mol. The molecular weight excluding hydrogens is 556 g/mol. The fourth-order valence-corrected chi connectivity index (χ4v) is 9.20. The zero-order valence-electron chi connectivity index (χ0n) is 24.4. The lowest BCUT2D eigenvalue weighted by Gasteiger charge is -2.41. The number of hydrogen-bond acceptors (Lipinski definition) is 7. The lowest BCUT2D eigenvalue weighted by molar-refractivity contribution is -0.136. The molecule has 0 aromatic heterocycles. The van der Waals surface area contributed by atoms with E-state index in [0.29, 0.717) is 18.5 Å². The van der Waals surface area contributed by atoms with Gasteiger partial charge in [0.05, 0.1) is 11.4 Å². The topological polar surface area (TPSA) is 125 Å². The second-order valence-corrected chi connectivity index (χ2v) is 15.1. The van der Waals surface area contributed by atoms with Gasteiger partial charge in [-0.2, -0.15) is 0 Å². The summed E-state index contributed by atoms with van der Waals surface area (Å²) in [6.45, 7) is 4.20. The zero-order chi connectivity index (χ0) is 29.3. The van der Waals surface area contributed by atoms with Gasteiger partial charge in [-0.15, -0.1) is 0 Å². The molecule has 2 aliphatic carbocycles. The van der Waals surface area contributed by atoms with E-state index in [1.807, 2.05) is 12.1 Å². The summed E-state index contributed by atoms with van der Waals surface area (Å²) >= 11 is 0. The first-order valence-corrected chi connectivity index (χ1v) is 17.4. The van der Waals surface area contributed by atoms with Gasteiger partial charge in [0.2, 0.25) is 21.8 Å². The van der Waals surface area contributed by atoms with Crippen molar-refractivity contribution in [1.82, 2.24) is 19.8 Å². The van der Waals surface area contributed by atoms with Crippen LogP contribution in [0.15, 0.2) is 18.2 Å². The number of fused-ring (bicyclic) bond motifs is 1. The first-order chi connectivity index (χ1) is 20.3. The van der Waals surface area contributed by atoms with Gasteiger partial charge in [0.15, 0.2) is 0 Å². The number of amides is 3. The smallest absolute Gasteiger partial charge is 0.255 e. The van der Waals surface area contributed by atoms with Crippen LogP contribution in [-0.4, -0.2) is 78.9 Å². The SMILES string of the molecule is O=C1CCC(N2Cc3cc(OC4CCCCC4)ccc3C2=O)C(=O)N1.O=S(=O)(C1CCC1)N1CCC(C2CNC2)CC1. The first kappa shape index (κ1) is 29.6. The highest BCUT2D eigenvalue weighted by Crippen LogP contribution is 2.34. The van der Waals surface area contributed by atoms with E-state index >= 15 is 0 Å². The second-order valence-electron chi connectivity index (χ2n) is 12.8. The standard InChI is InChI=1S/C19H22N2O4.C12H22N2O2S/c22-17-9-8-16(18(23)20-17)21-11-12-10-14(6-7-15(12)19(21)24)25-13-4-2-1-3-5-13;15-17(16,12-2-1-3-12)14-6-4-10(5-7-14)11-8-13-9-11/h6-7,10,13,16H,1-5,8-9,11H2,(H,20,22,23);10-13H,1-9H2. The van der Waals surface area contributed by atoms with Crippen molar-refractivity contribution >= 4 is 27.7 Å². The Morgan fingerprint density at radius 2 is 1.57 bits per heavy atom. The minimum absolute atomic E-state index is 0.0515. The van der Waals surface area contributed by atoms with Gasteiger partial charge in [0, 0.05) is 31.6 Å². The molecule has 1 aromatic carbocycles. The van der Waals surface area contributed by atoms with Gasteiger partial charge in [0.25, 0.3) is 5.91 Å². The van der Waals surface area contributed by atoms with Crippen LogP contribution in [0.3, 0.4) is 0 Å². The number of piperidine rings is 2. The number of carbonyl (C=O) groups excluding carboxylic acids is 3. The Labute approximate surface area is 249 Å². The van der Waals surface area contributed by atoms with Crippen LogP contribution in [0.2, 0.25) is 0 Å². The van der Waals surface area contributed by atoms with Crippen LogP contribution >= 0.6 is 0 Å². The van der Waals surface area contributed by atoms with Crippen LogP contribution in [0.5, 0.6) is 5.75 Å². The molecule has 230 valence electrons. The molecule has 0 bridgehead atoms. The predicted octanol–water partition coefficient (Wildman–Crippen LogP) is 2.96. The molecule has 1 aromatic rings. The summed E-state index contributed by atoms with van der Waals surface area (Å²) in [6, 6.07) is 5.00. The molecule has 3 saturated heterocycles. The Morgan fingerprint density at radius 1 is 0.833 bits per heavy atom. The van der Waals surface area contributed by atoms with E-state index < -0.39 is 16.1 Å². The molecule has 3 amide bonds. The zero-order valence-corrected chi connectivity index (χ0v) is 25.2. The average molecular weight is 601 g/mol. The molecular formula is C31H44N4O6S. The largest absolute Gasteiger partial charge is 0.490 e. The molecule has 10 nitrogen and oxygen atoms in total. The summed E-state index contributed by atoms with van der Waals surface area (Å²) in [5.41, 5.74) is 1.52. The van der Waals surface area contributed by atoms with Gasteiger partial charge in [0.1, 0.15) is 11.8 Å². The average Bonchev–Trinajstić information content (AvgIpc) is 3.23. The van der Waals surface area contributed by atoms with Crippen molar-refractivity contribution in [2.75, 3.05) is 26.2 Å². The summed E-state index contributed by atoms with van der Waals surface area (Å²) in [5.74, 6) is 1.56. The van der Waals surface area contributed by atoms with E-state index in [2.05, 4.69) is 10.6 Å². The van der Waals surface area contributed by atoms with Gasteiger partial charge >= 0.3 is 0 Å². The minimum Gasteiger partial charge on any atom is -0.490 e. The number of nitrogens with zero attached hydrogens (tertiary/aromatic N) is 2. The summed E-state index contributed by atoms with van der Waals surface area (Å²) in [6.07, 6.45) is 11.8. The maximum Gasteiger partial charge on any atom is 0.255 e. The third-order valence-electron chi connectivity index (χ3n) is 10.2.